The Morgan fingerprint density at radius 2 is 2.19 bits per heavy atom. The van der Waals surface area contributed by atoms with Crippen LogP contribution in [0.1, 0.15) is 20.8 Å². The molecule has 6 nitrogen and oxygen atoms in total. The second-order valence-electron chi connectivity index (χ2n) is 7.29. The van der Waals surface area contributed by atoms with Crippen LogP contribution in [0.3, 0.4) is 0 Å². The Morgan fingerprint density at radius 1 is 1.30 bits per heavy atom. The van der Waals surface area contributed by atoms with E-state index in [2.05, 4.69) is 40.1 Å². The van der Waals surface area contributed by atoms with Gasteiger partial charge in [-0.3, -0.25) is 4.99 Å². The molecule has 1 atom stereocenters. The van der Waals surface area contributed by atoms with Gasteiger partial charge in [-0.15, -0.1) is 0 Å². The van der Waals surface area contributed by atoms with Crippen molar-refractivity contribution in [2.75, 3.05) is 26.2 Å². The lowest BCUT2D eigenvalue weighted by molar-refractivity contribution is -0.00609. The van der Waals surface area contributed by atoms with Crippen molar-refractivity contribution < 1.29 is 9.47 Å². The standard InChI is InChI=1S/C21H26N4O2/c1-15(2)27-20-5-4-17-12-23-25(21(17)11-20)18-6-7-22-13-19(10-18)24-8-9-26-16(3)14-24/h4-7,10-12,15-16H,8-9,13-14H2,1-3H3. The Kier molecular flexibility index (Phi) is 4.99. The van der Waals surface area contributed by atoms with Crippen LogP contribution >= 0.6 is 0 Å². The van der Waals surface area contributed by atoms with Crippen LogP contribution in [-0.2, 0) is 4.74 Å². The quantitative estimate of drug-likeness (QED) is 0.833. The highest BCUT2D eigenvalue weighted by Gasteiger charge is 2.20. The van der Waals surface area contributed by atoms with E-state index >= 15 is 0 Å². The number of nitrogens with zero attached hydrogens (tertiary/aromatic N) is 4. The Morgan fingerprint density at radius 3 is 3.00 bits per heavy atom. The topological polar surface area (TPSA) is 51.9 Å². The lowest BCUT2D eigenvalue weighted by Gasteiger charge is -2.34. The summed E-state index contributed by atoms with van der Waals surface area (Å²) in [5.74, 6) is 0.855. The minimum atomic E-state index is 0.137. The molecule has 0 amide bonds. The number of rotatable bonds is 4. The highest BCUT2D eigenvalue weighted by atomic mass is 16.5. The molecule has 2 aromatic rings. The van der Waals surface area contributed by atoms with Gasteiger partial charge in [0.25, 0.3) is 0 Å². The van der Waals surface area contributed by atoms with Crippen molar-refractivity contribution in [2.24, 2.45) is 4.99 Å². The fraction of sp³-hybridized carbons (Fsp3) is 0.429. The van der Waals surface area contributed by atoms with Gasteiger partial charge in [-0.05, 0) is 45.1 Å². The summed E-state index contributed by atoms with van der Waals surface area (Å²) in [4.78, 5) is 6.90. The lowest BCUT2D eigenvalue weighted by Crippen LogP contribution is -2.41. The van der Waals surface area contributed by atoms with Gasteiger partial charge < -0.3 is 14.4 Å². The van der Waals surface area contributed by atoms with E-state index in [4.69, 9.17) is 9.47 Å². The Hall–Kier alpha value is -2.60. The molecule has 2 aliphatic heterocycles. The van der Waals surface area contributed by atoms with Gasteiger partial charge in [-0.1, -0.05) is 0 Å². The van der Waals surface area contributed by atoms with Crippen LogP contribution in [0.5, 0.6) is 5.75 Å². The summed E-state index contributed by atoms with van der Waals surface area (Å²) in [6, 6.07) is 6.10. The first-order valence-electron chi connectivity index (χ1n) is 9.52. The molecule has 0 N–H and O–H groups in total. The lowest BCUT2D eigenvalue weighted by atomic mass is 10.2. The number of aromatic nitrogens is 2. The molecule has 4 rings (SSSR count). The van der Waals surface area contributed by atoms with E-state index in [0.29, 0.717) is 6.54 Å². The van der Waals surface area contributed by atoms with Crippen molar-refractivity contribution in [1.29, 1.82) is 0 Å². The number of hydrogen-bond donors (Lipinski definition) is 0. The molecule has 3 heterocycles. The maximum absolute atomic E-state index is 5.86. The molecule has 27 heavy (non-hydrogen) atoms. The third-order valence-corrected chi connectivity index (χ3v) is 4.72. The molecule has 6 heteroatoms. The van der Waals surface area contributed by atoms with E-state index in [1.54, 1.807) is 0 Å². The summed E-state index contributed by atoms with van der Waals surface area (Å²) in [6.45, 7) is 9.39. The Bertz CT molecular complexity index is 910. The van der Waals surface area contributed by atoms with Crippen molar-refractivity contribution in [2.45, 2.75) is 33.0 Å². The van der Waals surface area contributed by atoms with E-state index in [0.717, 1.165) is 42.0 Å². The van der Waals surface area contributed by atoms with Crippen molar-refractivity contribution in [3.63, 3.8) is 0 Å². The molecular weight excluding hydrogens is 340 g/mol. The largest absolute Gasteiger partial charge is 0.491 e. The number of fused-ring (bicyclic) bond motifs is 1. The van der Waals surface area contributed by atoms with Crippen molar-refractivity contribution >= 4 is 22.8 Å². The van der Waals surface area contributed by atoms with Crippen molar-refractivity contribution in [1.82, 2.24) is 14.7 Å². The molecule has 0 radical (unpaired) electrons. The van der Waals surface area contributed by atoms with Crippen LogP contribution in [0.15, 0.2) is 47.2 Å². The van der Waals surface area contributed by atoms with Crippen molar-refractivity contribution in [3.8, 4) is 5.75 Å². The third kappa shape index (κ3) is 3.90. The number of hydrogen-bond acceptors (Lipinski definition) is 5. The van der Waals surface area contributed by atoms with Crippen LogP contribution in [0.25, 0.3) is 16.6 Å². The fourth-order valence-electron chi connectivity index (χ4n) is 3.49. The third-order valence-electron chi connectivity index (χ3n) is 4.72. The normalized spacial score (nSPS) is 20.6. The number of aliphatic imine (C=N–C) groups is 1. The second kappa shape index (κ2) is 7.56. The highest BCUT2D eigenvalue weighted by molar-refractivity contribution is 5.89. The molecule has 2 aliphatic rings. The van der Waals surface area contributed by atoms with Crippen molar-refractivity contribution in [3.05, 3.63) is 42.2 Å². The summed E-state index contributed by atoms with van der Waals surface area (Å²) in [7, 11) is 0. The average molecular weight is 366 g/mol. The molecular formula is C21H26N4O2. The SMILES string of the molecule is CC(C)Oc1ccc2cnn(C3=CC=NCC(N4CCOC(C)C4)=C3)c2c1. The van der Waals surface area contributed by atoms with Crippen LogP contribution in [-0.4, -0.2) is 59.3 Å². The van der Waals surface area contributed by atoms with Gasteiger partial charge in [-0.25, -0.2) is 4.68 Å². The first-order chi connectivity index (χ1) is 13.1. The number of allylic oxidation sites excluding steroid dienone is 3. The molecule has 1 aromatic carbocycles. The zero-order valence-corrected chi connectivity index (χ0v) is 16.1. The summed E-state index contributed by atoms with van der Waals surface area (Å²) in [5.41, 5.74) is 3.23. The smallest absolute Gasteiger partial charge is 0.121 e. The van der Waals surface area contributed by atoms with Gasteiger partial charge in [0.05, 0.1) is 42.8 Å². The highest BCUT2D eigenvalue weighted by Crippen LogP contribution is 2.26. The van der Waals surface area contributed by atoms with Gasteiger partial charge in [-0.2, -0.15) is 5.10 Å². The first-order valence-corrected chi connectivity index (χ1v) is 9.52. The second-order valence-corrected chi connectivity index (χ2v) is 7.29. The summed E-state index contributed by atoms with van der Waals surface area (Å²) in [5, 5.41) is 5.71. The van der Waals surface area contributed by atoms with E-state index in [-0.39, 0.29) is 12.2 Å². The number of morpholine rings is 1. The summed E-state index contributed by atoms with van der Waals surface area (Å²) < 4.78 is 13.5. The molecule has 1 fully saturated rings. The minimum absolute atomic E-state index is 0.137. The van der Waals surface area contributed by atoms with Gasteiger partial charge >= 0.3 is 0 Å². The number of benzene rings is 1. The zero-order chi connectivity index (χ0) is 18.8. The molecule has 0 bridgehead atoms. The molecule has 0 spiro atoms. The summed E-state index contributed by atoms with van der Waals surface area (Å²) in [6.07, 6.45) is 8.33. The van der Waals surface area contributed by atoms with Gasteiger partial charge in [0.2, 0.25) is 0 Å². The minimum Gasteiger partial charge on any atom is -0.491 e. The first kappa shape index (κ1) is 17.8. The molecule has 0 saturated carbocycles. The van der Waals surface area contributed by atoms with E-state index < -0.39 is 0 Å². The molecule has 1 aromatic heterocycles. The Balaban J connectivity index is 1.69. The monoisotopic (exact) mass is 366 g/mol. The van der Waals surface area contributed by atoms with Gasteiger partial charge in [0.1, 0.15) is 5.75 Å². The van der Waals surface area contributed by atoms with Crippen LogP contribution in [0, 0.1) is 0 Å². The predicted octanol–water partition coefficient (Wildman–Crippen LogP) is 3.35. The summed E-state index contributed by atoms with van der Waals surface area (Å²) >= 11 is 0. The average Bonchev–Trinajstić information content (AvgIpc) is 2.89. The van der Waals surface area contributed by atoms with Crippen LogP contribution in [0.4, 0.5) is 0 Å². The maximum atomic E-state index is 5.86. The van der Waals surface area contributed by atoms with Gasteiger partial charge in [0.15, 0.2) is 0 Å². The molecule has 0 aliphatic carbocycles. The predicted molar refractivity (Wildman–Crippen MR) is 108 cm³/mol. The van der Waals surface area contributed by atoms with Crippen LogP contribution in [0.2, 0.25) is 0 Å². The maximum Gasteiger partial charge on any atom is 0.121 e. The van der Waals surface area contributed by atoms with E-state index in [9.17, 15) is 0 Å². The van der Waals surface area contributed by atoms with Gasteiger partial charge in [0, 0.05) is 36.5 Å². The van der Waals surface area contributed by atoms with E-state index in [1.165, 1.54) is 5.70 Å². The number of ether oxygens (including phenoxy) is 2. The molecule has 142 valence electrons. The Labute approximate surface area is 159 Å². The molecule has 1 saturated heterocycles. The fourth-order valence-corrected chi connectivity index (χ4v) is 3.49. The van der Waals surface area contributed by atoms with Crippen LogP contribution < -0.4 is 4.74 Å². The van der Waals surface area contributed by atoms with E-state index in [1.807, 2.05) is 43.1 Å². The zero-order valence-electron chi connectivity index (χ0n) is 16.1. The molecule has 1 unspecified atom stereocenters.